The Morgan fingerprint density at radius 3 is 2.62 bits per heavy atom. The number of piperidine rings is 1. The van der Waals surface area contributed by atoms with Gasteiger partial charge in [0.25, 0.3) is 5.91 Å². The highest BCUT2D eigenvalue weighted by molar-refractivity contribution is 6.06. The zero-order valence-corrected chi connectivity index (χ0v) is 19.6. The number of benzene rings is 1. The number of pyridine rings is 1. The van der Waals surface area contributed by atoms with Crippen LogP contribution in [0.5, 0.6) is 0 Å². The summed E-state index contributed by atoms with van der Waals surface area (Å²) < 4.78 is 0. The number of carbonyl (C=O) groups excluding carboxylic acids is 2. The van der Waals surface area contributed by atoms with Crippen LogP contribution < -0.4 is 5.32 Å². The van der Waals surface area contributed by atoms with Gasteiger partial charge in [-0.05, 0) is 64.3 Å². The average Bonchev–Trinajstić information content (AvgIpc) is 3.28. The van der Waals surface area contributed by atoms with Gasteiger partial charge in [0.2, 0.25) is 5.91 Å². The van der Waals surface area contributed by atoms with Gasteiger partial charge in [0.05, 0.1) is 11.1 Å². The first-order chi connectivity index (χ1) is 15.4. The van der Waals surface area contributed by atoms with E-state index < -0.39 is 0 Å². The van der Waals surface area contributed by atoms with E-state index in [2.05, 4.69) is 17.1 Å². The van der Waals surface area contributed by atoms with Crippen molar-refractivity contribution < 1.29 is 9.59 Å². The normalized spacial score (nSPS) is 20.2. The predicted molar refractivity (Wildman–Crippen MR) is 128 cm³/mol. The smallest absolute Gasteiger partial charge is 0.252 e. The fourth-order valence-corrected chi connectivity index (χ4v) is 4.86. The largest absolute Gasteiger partial charge is 0.350 e. The van der Waals surface area contributed by atoms with Gasteiger partial charge in [-0.3, -0.25) is 14.6 Å². The fourth-order valence-electron chi connectivity index (χ4n) is 4.86. The van der Waals surface area contributed by atoms with Crippen molar-refractivity contribution >= 4 is 22.7 Å². The second-order valence-electron chi connectivity index (χ2n) is 9.84. The molecule has 0 bridgehead atoms. The Balaban J connectivity index is 1.43. The molecule has 2 fully saturated rings. The molecule has 0 radical (unpaired) electrons. The number of fused-ring (bicyclic) bond motifs is 1. The summed E-state index contributed by atoms with van der Waals surface area (Å²) in [5.74, 6) is 1.15. The molecule has 3 heterocycles. The first kappa shape index (κ1) is 22.7. The molecule has 6 nitrogen and oxygen atoms in total. The van der Waals surface area contributed by atoms with E-state index >= 15 is 0 Å². The lowest BCUT2D eigenvalue weighted by Crippen LogP contribution is -2.37. The van der Waals surface area contributed by atoms with E-state index in [-0.39, 0.29) is 23.8 Å². The maximum absolute atomic E-state index is 12.9. The Hall–Kier alpha value is -2.47. The topological polar surface area (TPSA) is 65.5 Å². The van der Waals surface area contributed by atoms with Gasteiger partial charge in [-0.25, -0.2) is 0 Å². The van der Waals surface area contributed by atoms with Gasteiger partial charge >= 0.3 is 0 Å². The zero-order valence-electron chi connectivity index (χ0n) is 19.6. The molecule has 32 heavy (non-hydrogen) atoms. The van der Waals surface area contributed by atoms with E-state index in [1.54, 1.807) is 0 Å². The molecule has 4 rings (SSSR count). The van der Waals surface area contributed by atoms with Crippen molar-refractivity contribution in [3.63, 3.8) is 0 Å². The molecule has 0 saturated carbocycles. The molecule has 0 spiro atoms. The summed E-state index contributed by atoms with van der Waals surface area (Å²) in [6.07, 6.45) is 3.96. The van der Waals surface area contributed by atoms with E-state index in [0.717, 1.165) is 55.1 Å². The van der Waals surface area contributed by atoms with Crippen LogP contribution in [0.4, 0.5) is 0 Å². The van der Waals surface area contributed by atoms with E-state index in [1.807, 2.05) is 49.1 Å². The van der Waals surface area contributed by atoms with Crippen LogP contribution in [0.3, 0.4) is 0 Å². The molecule has 6 heteroatoms. The van der Waals surface area contributed by atoms with Crippen LogP contribution in [-0.4, -0.2) is 65.4 Å². The second-order valence-corrected chi connectivity index (χ2v) is 9.84. The molecule has 1 atom stereocenters. The summed E-state index contributed by atoms with van der Waals surface area (Å²) in [6, 6.07) is 9.81. The molecule has 0 unspecified atom stereocenters. The number of hydrogen-bond donors (Lipinski definition) is 1. The van der Waals surface area contributed by atoms with E-state index in [1.165, 1.54) is 12.8 Å². The molecule has 2 saturated heterocycles. The van der Waals surface area contributed by atoms with Crippen molar-refractivity contribution in [2.45, 2.75) is 58.4 Å². The van der Waals surface area contributed by atoms with Crippen molar-refractivity contribution in [1.29, 1.82) is 0 Å². The van der Waals surface area contributed by atoms with E-state index in [9.17, 15) is 9.59 Å². The molecular formula is C26H36N4O2. The van der Waals surface area contributed by atoms with Crippen molar-refractivity contribution in [1.82, 2.24) is 20.1 Å². The Bertz CT molecular complexity index is 965. The molecule has 2 amide bonds. The number of carbonyl (C=O) groups is 2. The summed E-state index contributed by atoms with van der Waals surface area (Å²) >= 11 is 0. The molecule has 2 aliphatic heterocycles. The van der Waals surface area contributed by atoms with Gasteiger partial charge in [-0.1, -0.05) is 25.1 Å². The third kappa shape index (κ3) is 5.29. The monoisotopic (exact) mass is 436 g/mol. The summed E-state index contributed by atoms with van der Waals surface area (Å²) in [6.45, 7) is 10.8. The first-order valence-electron chi connectivity index (χ1n) is 12.1. The van der Waals surface area contributed by atoms with Crippen LogP contribution in [-0.2, 0) is 4.79 Å². The SMILES string of the molecule is CC1CCN(CCC(=O)N2CC[C@H](c3cc(C(=O)NC(C)C)c4ccccc4n3)C2)CC1. The molecule has 1 aromatic carbocycles. The molecule has 0 aliphatic carbocycles. The van der Waals surface area contributed by atoms with Crippen LogP contribution in [0.25, 0.3) is 10.9 Å². The van der Waals surface area contributed by atoms with Crippen LogP contribution in [0, 0.1) is 5.92 Å². The summed E-state index contributed by atoms with van der Waals surface area (Å²) in [5.41, 5.74) is 2.42. The number of rotatable bonds is 6. The number of nitrogens with zero attached hydrogens (tertiary/aromatic N) is 3. The summed E-state index contributed by atoms with van der Waals surface area (Å²) in [7, 11) is 0. The summed E-state index contributed by atoms with van der Waals surface area (Å²) in [4.78, 5) is 35.0. The number of likely N-dealkylation sites (tertiary alicyclic amines) is 2. The third-order valence-electron chi connectivity index (χ3n) is 6.88. The van der Waals surface area contributed by atoms with E-state index in [4.69, 9.17) is 4.98 Å². The Labute approximate surface area is 191 Å². The van der Waals surface area contributed by atoms with Crippen LogP contribution in [0.2, 0.25) is 0 Å². The summed E-state index contributed by atoms with van der Waals surface area (Å²) in [5, 5.41) is 3.88. The standard InChI is InChI=1S/C26H36N4O2/c1-18(2)27-26(32)22-16-24(28-23-7-5-4-6-21(22)23)20-10-15-30(17-20)25(31)11-14-29-12-8-19(3)9-13-29/h4-7,16,18-20H,8-15,17H2,1-3H3,(H,27,32)/t20-/m0/s1. The first-order valence-corrected chi connectivity index (χ1v) is 12.1. The van der Waals surface area contributed by atoms with E-state index in [0.29, 0.717) is 18.5 Å². The van der Waals surface area contributed by atoms with Gasteiger partial charge in [-0.15, -0.1) is 0 Å². The quantitative estimate of drug-likeness (QED) is 0.748. The highest BCUT2D eigenvalue weighted by atomic mass is 16.2. The molecule has 1 N–H and O–H groups in total. The van der Waals surface area contributed by atoms with Crippen molar-refractivity contribution in [3.05, 3.63) is 41.6 Å². The highest BCUT2D eigenvalue weighted by Gasteiger charge is 2.29. The van der Waals surface area contributed by atoms with Crippen molar-refractivity contribution in [2.24, 2.45) is 5.92 Å². The number of amides is 2. The lowest BCUT2D eigenvalue weighted by Gasteiger charge is -2.30. The molecular weight excluding hydrogens is 400 g/mol. The minimum Gasteiger partial charge on any atom is -0.350 e. The maximum atomic E-state index is 12.9. The lowest BCUT2D eigenvalue weighted by atomic mass is 9.99. The number of aromatic nitrogens is 1. The van der Waals surface area contributed by atoms with Crippen LogP contribution >= 0.6 is 0 Å². The van der Waals surface area contributed by atoms with Crippen molar-refractivity contribution in [2.75, 3.05) is 32.7 Å². The van der Waals surface area contributed by atoms with Crippen molar-refractivity contribution in [3.8, 4) is 0 Å². The number of hydrogen-bond acceptors (Lipinski definition) is 4. The minimum absolute atomic E-state index is 0.0679. The Morgan fingerprint density at radius 1 is 1.12 bits per heavy atom. The third-order valence-corrected chi connectivity index (χ3v) is 6.88. The van der Waals surface area contributed by atoms with Gasteiger partial charge in [0, 0.05) is 49.1 Å². The van der Waals surface area contributed by atoms with Gasteiger partial charge in [0.1, 0.15) is 0 Å². The highest BCUT2D eigenvalue weighted by Crippen LogP contribution is 2.30. The minimum atomic E-state index is -0.0679. The number of para-hydroxylation sites is 1. The fraction of sp³-hybridized carbons (Fsp3) is 0.577. The average molecular weight is 437 g/mol. The van der Waals surface area contributed by atoms with Gasteiger partial charge in [0.15, 0.2) is 0 Å². The van der Waals surface area contributed by atoms with Gasteiger partial charge in [-0.2, -0.15) is 0 Å². The molecule has 172 valence electrons. The van der Waals surface area contributed by atoms with Crippen LogP contribution in [0.1, 0.15) is 68.4 Å². The molecule has 1 aromatic heterocycles. The second kappa shape index (κ2) is 9.99. The number of nitrogens with one attached hydrogen (secondary N) is 1. The zero-order chi connectivity index (χ0) is 22.7. The Morgan fingerprint density at radius 2 is 1.88 bits per heavy atom. The maximum Gasteiger partial charge on any atom is 0.252 e. The Kier molecular flexibility index (Phi) is 7.09. The van der Waals surface area contributed by atoms with Crippen LogP contribution in [0.15, 0.2) is 30.3 Å². The molecule has 2 aliphatic rings. The molecule has 2 aromatic rings. The lowest BCUT2D eigenvalue weighted by molar-refractivity contribution is -0.130. The predicted octanol–water partition coefficient (Wildman–Crippen LogP) is 3.81. The van der Waals surface area contributed by atoms with Gasteiger partial charge < -0.3 is 15.1 Å².